The van der Waals surface area contributed by atoms with Crippen LogP contribution in [0.25, 0.3) is 0 Å². The summed E-state index contributed by atoms with van der Waals surface area (Å²) >= 11 is 0. The molecule has 0 bridgehead atoms. The van der Waals surface area contributed by atoms with Gasteiger partial charge in [-0.1, -0.05) is 6.92 Å². The third kappa shape index (κ3) is 1.68. The molecule has 0 aromatic carbocycles. The predicted octanol–water partition coefficient (Wildman–Crippen LogP) is 0.531. The SMILES string of the molecule is CC1CN(C)CC(F)(F)[C@H]1N. The third-order valence-electron chi connectivity index (χ3n) is 2.18. The highest BCUT2D eigenvalue weighted by Gasteiger charge is 2.44. The van der Waals surface area contributed by atoms with E-state index in [0.29, 0.717) is 6.54 Å². The van der Waals surface area contributed by atoms with Crippen molar-refractivity contribution in [1.82, 2.24) is 4.90 Å². The van der Waals surface area contributed by atoms with Crippen LogP contribution in [0.3, 0.4) is 0 Å². The third-order valence-corrected chi connectivity index (χ3v) is 2.18. The first-order chi connectivity index (χ1) is 4.93. The Bertz CT molecular complexity index is 149. The Morgan fingerprint density at radius 3 is 2.55 bits per heavy atom. The highest BCUT2D eigenvalue weighted by atomic mass is 19.3. The van der Waals surface area contributed by atoms with Crippen molar-refractivity contribution < 1.29 is 8.78 Å². The zero-order valence-corrected chi connectivity index (χ0v) is 6.85. The van der Waals surface area contributed by atoms with Crippen LogP contribution in [0.1, 0.15) is 6.92 Å². The monoisotopic (exact) mass is 164 g/mol. The average molecular weight is 164 g/mol. The van der Waals surface area contributed by atoms with Gasteiger partial charge in [-0.3, -0.25) is 0 Å². The molecule has 66 valence electrons. The summed E-state index contributed by atoms with van der Waals surface area (Å²) in [5.74, 6) is -2.84. The van der Waals surface area contributed by atoms with Crippen molar-refractivity contribution in [3.63, 3.8) is 0 Å². The number of rotatable bonds is 0. The molecule has 0 aliphatic carbocycles. The van der Waals surface area contributed by atoms with E-state index in [2.05, 4.69) is 0 Å². The standard InChI is InChI=1S/C7H14F2N2/c1-5-3-11(2)4-7(8,9)6(5)10/h5-6H,3-4,10H2,1-2H3/t5?,6-/m0/s1. The minimum absolute atomic E-state index is 0.122. The Labute approximate surface area is 65.4 Å². The fourth-order valence-electron chi connectivity index (χ4n) is 1.55. The predicted molar refractivity (Wildman–Crippen MR) is 39.6 cm³/mol. The molecule has 1 saturated heterocycles. The largest absolute Gasteiger partial charge is 0.322 e. The highest BCUT2D eigenvalue weighted by molar-refractivity contribution is 4.92. The van der Waals surface area contributed by atoms with Crippen molar-refractivity contribution in [2.75, 3.05) is 20.1 Å². The van der Waals surface area contributed by atoms with Crippen LogP contribution < -0.4 is 5.73 Å². The van der Waals surface area contributed by atoms with Crippen molar-refractivity contribution in [2.45, 2.75) is 18.9 Å². The number of hydrogen-bond acceptors (Lipinski definition) is 2. The number of alkyl halides is 2. The normalized spacial score (nSPS) is 39.0. The van der Waals surface area contributed by atoms with Crippen molar-refractivity contribution in [1.29, 1.82) is 0 Å². The van der Waals surface area contributed by atoms with Gasteiger partial charge >= 0.3 is 0 Å². The molecule has 0 radical (unpaired) electrons. The van der Waals surface area contributed by atoms with Gasteiger partial charge in [-0.15, -0.1) is 0 Å². The lowest BCUT2D eigenvalue weighted by Crippen LogP contribution is -2.58. The molecule has 0 spiro atoms. The summed E-state index contributed by atoms with van der Waals surface area (Å²) in [5.41, 5.74) is 5.34. The molecule has 2 atom stereocenters. The van der Waals surface area contributed by atoms with Gasteiger partial charge in [-0.05, 0) is 13.0 Å². The quantitative estimate of drug-likeness (QED) is 0.566. The zero-order valence-electron chi connectivity index (χ0n) is 6.85. The maximum atomic E-state index is 12.9. The average Bonchev–Trinajstić information content (AvgIpc) is 1.81. The van der Waals surface area contributed by atoms with Crippen molar-refractivity contribution in [3.8, 4) is 0 Å². The lowest BCUT2D eigenvalue weighted by molar-refractivity contribution is -0.0920. The van der Waals surface area contributed by atoms with Gasteiger partial charge in [-0.25, -0.2) is 8.78 Å². The highest BCUT2D eigenvalue weighted by Crippen LogP contribution is 2.28. The number of piperidine rings is 1. The van der Waals surface area contributed by atoms with Gasteiger partial charge in [0, 0.05) is 6.54 Å². The second kappa shape index (κ2) is 2.68. The molecule has 11 heavy (non-hydrogen) atoms. The topological polar surface area (TPSA) is 29.3 Å². The lowest BCUT2D eigenvalue weighted by Gasteiger charge is -2.38. The Morgan fingerprint density at radius 2 is 2.09 bits per heavy atom. The summed E-state index contributed by atoms with van der Waals surface area (Å²) in [6.07, 6.45) is 0. The van der Waals surface area contributed by atoms with Crippen LogP contribution in [0.2, 0.25) is 0 Å². The van der Waals surface area contributed by atoms with Gasteiger partial charge in [0.05, 0.1) is 12.6 Å². The molecule has 1 aliphatic heterocycles. The molecule has 1 unspecified atom stereocenters. The van der Waals surface area contributed by atoms with E-state index in [-0.39, 0.29) is 12.5 Å². The minimum atomic E-state index is -2.72. The van der Waals surface area contributed by atoms with Crippen molar-refractivity contribution >= 4 is 0 Å². The van der Waals surface area contributed by atoms with E-state index in [0.717, 1.165) is 0 Å². The molecule has 0 aromatic heterocycles. The van der Waals surface area contributed by atoms with Crippen molar-refractivity contribution in [2.24, 2.45) is 11.7 Å². The van der Waals surface area contributed by atoms with Gasteiger partial charge in [0.25, 0.3) is 5.92 Å². The van der Waals surface area contributed by atoms with Crippen LogP contribution >= 0.6 is 0 Å². The molecule has 0 amide bonds. The molecule has 1 heterocycles. The van der Waals surface area contributed by atoms with E-state index in [1.165, 1.54) is 0 Å². The van der Waals surface area contributed by atoms with E-state index < -0.39 is 12.0 Å². The fourth-order valence-corrected chi connectivity index (χ4v) is 1.55. The summed E-state index contributed by atoms with van der Waals surface area (Å²) in [6.45, 7) is 2.21. The molecule has 0 aromatic rings. The second-order valence-electron chi connectivity index (χ2n) is 3.46. The van der Waals surface area contributed by atoms with E-state index in [4.69, 9.17) is 5.73 Å². The number of hydrogen-bond donors (Lipinski definition) is 1. The van der Waals surface area contributed by atoms with Crippen LogP contribution in [0.15, 0.2) is 0 Å². The van der Waals surface area contributed by atoms with Crippen LogP contribution in [0.5, 0.6) is 0 Å². The van der Waals surface area contributed by atoms with Gasteiger partial charge in [0.2, 0.25) is 0 Å². The van der Waals surface area contributed by atoms with Crippen LogP contribution in [0.4, 0.5) is 8.78 Å². The second-order valence-corrected chi connectivity index (χ2v) is 3.46. The molecular formula is C7H14F2N2. The molecule has 1 fully saturated rings. The smallest absolute Gasteiger partial charge is 0.275 e. The molecule has 2 N–H and O–H groups in total. The number of halogens is 2. The van der Waals surface area contributed by atoms with Gasteiger partial charge in [0.1, 0.15) is 0 Å². The first-order valence-corrected chi connectivity index (χ1v) is 3.75. The first kappa shape index (κ1) is 8.87. The maximum absolute atomic E-state index is 12.9. The fraction of sp³-hybridized carbons (Fsp3) is 1.00. The summed E-state index contributed by atoms with van der Waals surface area (Å²) in [6, 6.07) is -0.973. The van der Waals surface area contributed by atoms with E-state index in [1.54, 1.807) is 18.9 Å². The zero-order chi connectivity index (χ0) is 8.65. The Kier molecular flexibility index (Phi) is 2.16. The van der Waals surface area contributed by atoms with Gasteiger partial charge in [-0.2, -0.15) is 0 Å². The van der Waals surface area contributed by atoms with Gasteiger partial charge in [0.15, 0.2) is 0 Å². The van der Waals surface area contributed by atoms with Crippen LogP contribution in [0, 0.1) is 5.92 Å². The van der Waals surface area contributed by atoms with E-state index in [9.17, 15) is 8.78 Å². The Morgan fingerprint density at radius 1 is 1.55 bits per heavy atom. The minimum Gasteiger partial charge on any atom is -0.322 e. The van der Waals surface area contributed by atoms with Gasteiger partial charge < -0.3 is 10.6 Å². The summed E-state index contributed by atoms with van der Waals surface area (Å²) in [7, 11) is 1.69. The molecular weight excluding hydrogens is 150 g/mol. The maximum Gasteiger partial charge on any atom is 0.275 e. The Balaban J connectivity index is 2.67. The summed E-state index contributed by atoms with van der Waals surface area (Å²) in [5, 5.41) is 0. The van der Waals surface area contributed by atoms with E-state index >= 15 is 0 Å². The molecule has 1 aliphatic rings. The van der Waals surface area contributed by atoms with Crippen LogP contribution in [-0.4, -0.2) is 37.0 Å². The van der Waals surface area contributed by atoms with E-state index in [1.807, 2.05) is 0 Å². The number of nitrogens with two attached hydrogens (primary N) is 1. The summed E-state index contributed by atoms with van der Waals surface area (Å²) < 4.78 is 25.9. The first-order valence-electron chi connectivity index (χ1n) is 3.75. The molecule has 1 rings (SSSR count). The lowest BCUT2D eigenvalue weighted by atomic mass is 9.92. The molecule has 4 heteroatoms. The Hall–Kier alpha value is -0.220. The van der Waals surface area contributed by atoms with Crippen molar-refractivity contribution in [3.05, 3.63) is 0 Å². The number of nitrogens with zero attached hydrogens (tertiary/aromatic N) is 1. The number of likely N-dealkylation sites (tertiary alicyclic amines) is 1. The molecule has 2 nitrogen and oxygen atoms in total. The summed E-state index contributed by atoms with van der Waals surface area (Å²) in [4.78, 5) is 1.62. The molecule has 0 saturated carbocycles. The van der Waals surface area contributed by atoms with Crippen LogP contribution in [-0.2, 0) is 0 Å².